The smallest absolute Gasteiger partial charge is 0.409 e. The fourth-order valence-corrected chi connectivity index (χ4v) is 5.40. The van der Waals surface area contributed by atoms with Crippen molar-refractivity contribution in [1.82, 2.24) is 4.90 Å². The van der Waals surface area contributed by atoms with Gasteiger partial charge in [0.2, 0.25) is 5.91 Å². The van der Waals surface area contributed by atoms with Gasteiger partial charge in [-0.3, -0.25) is 4.79 Å². The number of hydrogen-bond acceptors (Lipinski definition) is 6. The highest BCUT2D eigenvalue weighted by Gasteiger charge is 2.27. The van der Waals surface area contributed by atoms with Gasteiger partial charge in [0.15, 0.2) is 0 Å². The lowest BCUT2D eigenvalue weighted by atomic mass is 9.88. The maximum Gasteiger partial charge on any atom is 0.409 e. The Labute approximate surface area is 184 Å². The van der Waals surface area contributed by atoms with Gasteiger partial charge in [0.05, 0.1) is 12.2 Å². The van der Waals surface area contributed by atoms with Gasteiger partial charge in [0.1, 0.15) is 11.1 Å². The highest BCUT2D eigenvalue weighted by molar-refractivity contribution is 7.16. The molecule has 0 saturated heterocycles. The molecule has 3 rings (SSSR count). The van der Waals surface area contributed by atoms with E-state index in [0.717, 1.165) is 34.6 Å². The Bertz CT molecular complexity index is 953. The molecule has 158 valence electrons. The summed E-state index contributed by atoms with van der Waals surface area (Å²) in [6, 6.07) is 6.12. The van der Waals surface area contributed by atoms with Gasteiger partial charge in [-0.15, -0.1) is 22.7 Å². The van der Waals surface area contributed by atoms with Crippen LogP contribution in [0.4, 0.5) is 9.80 Å². The molecule has 1 aliphatic rings. The molecule has 2 aromatic rings. The van der Waals surface area contributed by atoms with Gasteiger partial charge in [-0.25, -0.2) is 4.79 Å². The average Bonchev–Trinajstić information content (AvgIpc) is 3.38. The van der Waals surface area contributed by atoms with Crippen molar-refractivity contribution in [3.8, 4) is 6.07 Å². The summed E-state index contributed by atoms with van der Waals surface area (Å²) < 4.78 is 5.48. The zero-order valence-corrected chi connectivity index (χ0v) is 18.8. The number of nitrogens with zero attached hydrogens (tertiary/aromatic N) is 2. The second-order valence-corrected chi connectivity index (χ2v) is 9.10. The lowest BCUT2D eigenvalue weighted by Gasteiger charge is -2.24. The summed E-state index contributed by atoms with van der Waals surface area (Å²) in [5.41, 5.74) is 1.58. The fraction of sp³-hybridized carbons (Fsp3) is 0.409. The van der Waals surface area contributed by atoms with Gasteiger partial charge < -0.3 is 15.0 Å². The Kier molecular flexibility index (Phi) is 7.66. The van der Waals surface area contributed by atoms with Crippen LogP contribution in [0.15, 0.2) is 23.6 Å². The van der Waals surface area contributed by atoms with Gasteiger partial charge in [0.25, 0.3) is 0 Å². The van der Waals surface area contributed by atoms with Crippen LogP contribution in [0.2, 0.25) is 0 Å². The predicted molar refractivity (Wildman–Crippen MR) is 121 cm³/mol. The van der Waals surface area contributed by atoms with Crippen molar-refractivity contribution in [3.63, 3.8) is 0 Å². The molecule has 1 unspecified atom stereocenters. The van der Waals surface area contributed by atoms with Crippen LogP contribution in [0.3, 0.4) is 0 Å². The lowest BCUT2D eigenvalue weighted by molar-refractivity contribution is -0.111. The van der Waals surface area contributed by atoms with Gasteiger partial charge in [-0.1, -0.05) is 6.07 Å². The molecule has 0 bridgehead atoms. The molecule has 2 amide bonds. The second-order valence-electron chi connectivity index (χ2n) is 7.02. The number of nitriles is 1. The Hall–Kier alpha value is -2.63. The normalized spacial score (nSPS) is 15.4. The Morgan fingerprint density at radius 2 is 2.20 bits per heavy atom. The number of carbonyl (C=O) groups is 2. The first kappa shape index (κ1) is 22.1. The number of carbonyl (C=O) groups excluding carboxylic acids is 2. The topological polar surface area (TPSA) is 82.4 Å². The lowest BCUT2D eigenvalue weighted by Crippen LogP contribution is -2.33. The molecular formula is C22H25N3O3S2. The SMILES string of the molecule is CCN(CC)C(=O)OCC1CCc2c(sc(NC(=O)/C=C/c3cccs3)c2C#N)C1. The first-order valence-electron chi connectivity index (χ1n) is 10.0. The summed E-state index contributed by atoms with van der Waals surface area (Å²) in [4.78, 5) is 28.1. The number of rotatable bonds is 7. The van der Waals surface area contributed by atoms with E-state index >= 15 is 0 Å². The van der Waals surface area contributed by atoms with Crippen LogP contribution < -0.4 is 5.32 Å². The summed E-state index contributed by atoms with van der Waals surface area (Å²) >= 11 is 3.01. The average molecular weight is 444 g/mol. The van der Waals surface area contributed by atoms with Gasteiger partial charge in [-0.05, 0) is 62.1 Å². The number of ether oxygens (including phenoxy) is 1. The summed E-state index contributed by atoms with van der Waals surface area (Å²) in [5.74, 6) is -0.0207. The Balaban J connectivity index is 1.63. The Morgan fingerprint density at radius 3 is 2.87 bits per heavy atom. The molecular weight excluding hydrogens is 418 g/mol. The van der Waals surface area contributed by atoms with Crippen LogP contribution in [0.1, 0.15) is 41.1 Å². The zero-order valence-electron chi connectivity index (χ0n) is 17.1. The van der Waals surface area contributed by atoms with E-state index in [4.69, 9.17) is 4.74 Å². The molecule has 30 heavy (non-hydrogen) atoms. The van der Waals surface area contributed by atoms with Crippen LogP contribution in [0.5, 0.6) is 0 Å². The molecule has 0 aliphatic heterocycles. The van der Waals surface area contributed by atoms with Crippen molar-refractivity contribution in [3.05, 3.63) is 44.5 Å². The van der Waals surface area contributed by atoms with Crippen LogP contribution in [-0.4, -0.2) is 36.6 Å². The van der Waals surface area contributed by atoms with E-state index in [1.54, 1.807) is 22.3 Å². The summed E-state index contributed by atoms with van der Waals surface area (Å²) in [7, 11) is 0. The van der Waals surface area contributed by atoms with Crippen molar-refractivity contribution >= 4 is 45.8 Å². The fourth-order valence-electron chi connectivity index (χ4n) is 3.46. The van der Waals surface area contributed by atoms with E-state index < -0.39 is 0 Å². The van der Waals surface area contributed by atoms with Crippen LogP contribution in [-0.2, 0) is 22.4 Å². The van der Waals surface area contributed by atoms with Crippen LogP contribution in [0.25, 0.3) is 6.08 Å². The van der Waals surface area contributed by atoms with Crippen LogP contribution >= 0.6 is 22.7 Å². The van der Waals surface area contributed by atoms with E-state index in [-0.39, 0.29) is 17.9 Å². The molecule has 0 aromatic carbocycles. The predicted octanol–water partition coefficient (Wildman–Crippen LogP) is 4.92. The number of thiophene rings is 2. The largest absolute Gasteiger partial charge is 0.449 e. The monoisotopic (exact) mass is 443 g/mol. The molecule has 2 aromatic heterocycles. The minimum atomic E-state index is -0.278. The summed E-state index contributed by atoms with van der Waals surface area (Å²) in [6.07, 6.45) is 5.33. The minimum absolute atomic E-state index is 0.226. The van der Waals surface area contributed by atoms with Crippen molar-refractivity contribution in [1.29, 1.82) is 5.26 Å². The highest BCUT2D eigenvalue weighted by Crippen LogP contribution is 2.39. The first-order chi connectivity index (χ1) is 14.5. The van der Waals surface area contributed by atoms with Crippen molar-refractivity contribution in [2.24, 2.45) is 5.92 Å². The van der Waals surface area contributed by atoms with E-state index in [1.165, 1.54) is 17.4 Å². The summed E-state index contributed by atoms with van der Waals surface area (Å²) in [5, 5.41) is 15.0. The third-order valence-corrected chi connectivity index (χ3v) is 7.13. The maximum atomic E-state index is 12.3. The second kappa shape index (κ2) is 10.4. The van der Waals surface area contributed by atoms with Crippen molar-refractivity contribution in [2.45, 2.75) is 33.1 Å². The molecule has 1 aliphatic carbocycles. The quantitative estimate of drug-likeness (QED) is 0.616. The number of amides is 2. The molecule has 8 heteroatoms. The molecule has 0 saturated carbocycles. The van der Waals surface area contributed by atoms with E-state index in [9.17, 15) is 14.9 Å². The summed E-state index contributed by atoms with van der Waals surface area (Å²) in [6.45, 7) is 5.49. The number of nitrogens with one attached hydrogen (secondary N) is 1. The molecule has 0 radical (unpaired) electrons. The van der Waals surface area contributed by atoms with E-state index in [2.05, 4.69) is 11.4 Å². The minimum Gasteiger partial charge on any atom is -0.449 e. The van der Waals surface area contributed by atoms with Gasteiger partial charge in [-0.2, -0.15) is 5.26 Å². The Morgan fingerprint density at radius 1 is 1.40 bits per heavy atom. The third kappa shape index (κ3) is 5.29. The molecule has 6 nitrogen and oxygen atoms in total. The highest BCUT2D eigenvalue weighted by atomic mass is 32.1. The van der Waals surface area contributed by atoms with Gasteiger partial charge in [0, 0.05) is 28.9 Å². The van der Waals surface area contributed by atoms with Crippen LogP contribution in [0, 0.1) is 17.2 Å². The molecule has 0 fully saturated rings. The van der Waals surface area contributed by atoms with E-state index in [1.807, 2.05) is 31.4 Å². The van der Waals surface area contributed by atoms with Crippen molar-refractivity contribution in [2.75, 3.05) is 25.0 Å². The zero-order chi connectivity index (χ0) is 21.5. The number of hydrogen-bond donors (Lipinski definition) is 1. The maximum absolute atomic E-state index is 12.3. The molecule has 1 N–H and O–H groups in total. The molecule has 0 spiro atoms. The third-order valence-electron chi connectivity index (χ3n) is 5.12. The molecule has 1 atom stereocenters. The van der Waals surface area contributed by atoms with Crippen molar-refractivity contribution < 1.29 is 14.3 Å². The van der Waals surface area contributed by atoms with Gasteiger partial charge >= 0.3 is 6.09 Å². The number of fused-ring (bicyclic) bond motifs is 1. The number of anilines is 1. The standard InChI is InChI=1S/C22H25N3O3S2/c1-3-25(4-2)22(27)28-14-15-7-9-17-18(13-23)21(30-19(17)12-15)24-20(26)10-8-16-6-5-11-29-16/h5-6,8,10-11,15H,3-4,7,9,12,14H2,1-2H3,(H,24,26)/b10-8+. The molecule has 2 heterocycles. The van der Waals surface area contributed by atoms with E-state index in [0.29, 0.717) is 30.3 Å². The first-order valence-corrected chi connectivity index (χ1v) is 11.7.